The maximum absolute atomic E-state index is 10.3. The monoisotopic (exact) mass is 494 g/mol. The Morgan fingerprint density at radius 2 is 1.74 bits per heavy atom. The molecule has 0 saturated heterocycles. The Morgan fingerprint density at radius 1 is 1.12 bits per heavy atom. The molecule has 1 aliphatic heterocycles. The molecule has 0 spiro atoms. The SMILES string of the molecule is CN(C)CCc1cc2c(cc1N=Cc1cccs1)OCO2.O=C(O)CC(O)(CC(=O)O)C(=O)O. The van der Waals surface area contributed by atoms with Crippen LogP contribution >= 0.6 is 11.3 Å². The van der Waals surface area contributed by atoms with Gasteiger partial charge in [0.05, 0.1) is 18.5 Å². The minimum Gasteiger partial charge on any atom is -0.481 e. The number of thiophene rings is 1. The van der Waals surface area contributed by atoms with Crippen molar-refractivity contribution in [1.82, 2.24) is 4.90 Å². The lowest BCUT2D eigenvalue weighted by atomic mass is 9.96. The van der Waals surface area contributed by atoms with E-state index < -0.39 is 36.4 Å². The highest BCUT2D eigenvalue weighted by atomic mass is 32.1. The number of hydrogen-bond acceptors (Lipinski definition) is 9. The summed E-state index contributed by atoms with van der Waals surface area (Å²) in [6.45, 7) is 1.27. The second kappa shape index (κ2) is 12.1. The lowest BCUT2D eigenvalue weighted by molar-refractivity contribution is -0.170. The predicted molar refractivity (Wildman–Crippen MR) is 123 cm³/mol. The summed E-state index contributed by atoms with van der Waals surface area (Å²) in [6.07, 6.45) is 0.547. The van der Waals surface area contributed by atoms with Crippen molar-refractivity contribution < 1.29 is 44.3 Å². The summed E-state index contributed by atoms with van der Waals surface area (Å²) in [4.78, 5) is 38.4. The minimum absolute atomic E-state index is 0.292. The van der Waals surface area contributed by atoms with Crippen molar-refractivity contribution in [2.75, 3.05) is 27.4 Å². The van der Waals surface area contributed by atoms with Gasteiger partial charge in [0.15, 0.2) is 17.1 Å². The Morgan fingerprint density at radius 3 is 2.24 bits per heavy atom. The molecule has 0 unspecified atom stereocenters. The Labute approximate surface area is 199 Å². The Balaban J connectivity index is 0.000000273. The highest BCUT2D eigenvalue weighted by Gasteiger charge is 2.40. The quantitative estimate of drug-likeness (QED) is 0.359. The van der Waals surface area contributed by atoms with Crippen LogP contribution in [0.5, 0.6) is 11.5 Å². The van der Waals surface area contributed by atoms with E-state index in [9.17, 15) is 14.4 Å². The molecule has 2 aromatic rings. The molecule has 0 fully saturated rings. The Hall–Kier alpha value is -3.48. The number of aliphatic hydroxyl groups is 1. The van der Waals surface area contributed by atoms with E-state index >= 15 is 0 Å². The third kappa shape index (κ3) is 8.14. The molecule has 1 aromatic heterocycles. The third-order valence-electron chi connectivity index (χ3n) is 4.56. The van der Waals surface area contributed by atoms with Gasteiger partial charge >= 0.3 is 17.9 Å². The first-order valence-electron chi connectivity index (χ1n) is 10.0. The summed E-state index contributed by atoms with van der Waals surface area (Å²) < 4.78 is 10.9. The van der Waals surface area contributed by atoms with Crippen molar-refractivity contribution in [3.05, 3.63) is 40.1 Å². The van der Waals surface area contributed by atoms with Crippen molar-refractivity contribution in [2.45, 2.75) is 24.9 Å². The van der Waals surface area contributed by atoms with Crippen molar-refractivity contribution >= 4 is 41.1 Å². The number of aliphatic imine (C=N–C) groups is 1. The van der Waals surface area contributed by atoms with Crippen LogP contribution in [0.25, 0.3) is 0 Å². The lowest BCUT2D eigenvalue weighted by Crippen LogP contribution is -2.42. The molecule has 3 rings (SSSR count). The van der Waals surface area contributed by atoms with Gasteiger partial charge in [-0.15, -0.1) is 11.3 Å². The van der Waals surface area contributed by atoms with Crippen LogP contribution in [0.3, 0.4) is 0 Å². The molecule has 0 amide bonds. The van der Waals surface area contributed by atoms with Gasteiger partial charge in [0.25, 0.3) is 0 Å². The van der Waals surface area contributed by atoms with Crippen LogP contribution in [-0.4, -0.2) is 82.5 Å². The van der Waals surface area contributed by atoms with E-state index in [0.717, 1.165) is 35.0 Å². The summed E-state index contributed by atoms with van der Waals surface area (Å²) in [5, 5.41) is 35.9. The number of benzene rings is 1. The van der Waals surface area contributed by atoms with Crippen LogP contribution in [0, 0.1) is 0 Å². The van der Waals surface area contributed by atoms with Crippen LogP contribution < -0.4 is 9.47 Å². The largest absolute Gasteiger partial charge is 0.481 e. The standard InChI is InChI=1S/C16H18N2O2S.C6H8O7/c1-18(2)6-5-12-8-15-16(20-11-19-15)9-14(12)17-10-13-4-3-7-21-13;7-3(8)1-6(13,5(11)12)2-4(9)10/h3-4,7-10H,5-6,11H2,1-2H3;13H,1-2H2,(H,7,8)(H,9,10)(H,11,12). The first kappa shape index (κ1) is 26.8. The van der Waals surface area contributed by atoms with Gasteiger partial charge in [-0.1, -0.05) is 6.07 Å². The van der Waals surface area contributed by atoms with Crippen molar-refractivity contribution in [3.63, 3.8) is 0 Å². The van der Waals surface area contributed by atoms with Gasteiger partial charge in [-0.2, -0.15) is 0 Å². The summed E-state index contributed by atoms with van der Waals surface area (Å²) in [7, 11) is 4.14. The van der Waals surface area contributed by atoms with Crippen LogP contribution in [-0.2, 0) is 20.8 Å². The van der Waals surface area contributed by atoms with Crippen LogP contribution in [0.2, 0.25) is 0 Å². The first-order valence-corrected chi connectivity index (χ1v) is 10.9. The van der Waals surface area contributed by atoms with Crippen LogP contribution in [0.1, 0.15) is 23.3 Å². The van der Waals surface area contributed by atoms with E-state index in [1.54, 1.807) is 11.3 Å². The van der Waals surface area contributed by atoms with E-state index in [1.165, 1.54) is 5.56 Å². The van der Waals surface area contributed by atoms with E-state index in [2.05, 4.69) is 30.1 Å². The van der Waals surface area contributed by atoms with Gasteiger partial charge in [0.2, 0.25) is 6.79 Å². The minimum atomic E-state index is -2.74. The molecule has 34 heavy (non-hydrogen) atoms. The number of aliphatic carboxylic acids is 3. The zero-order valence-electron chi connectivity index (χ0n) is 18.6. The lowest BCUT2D eigenvalue weighted by Gasteiger charge is -2.18. The van der Waals surface area contributed by atoms with E-state index in [-0.39, 0.29) is 0 Å². The van der Waals surface area contributed by atoms with Gasteiger partial charge in [-0.3, -0.25) is 14.6 Å². The fourth-order valence-corrected chi connectivity index (χ4v) is 3.43. The second-order valence-corrected chi connectivity index (χ2v) is 8.62. The zero-order chi connectivity index (χ0) is 25.3. The highest BCUT2D eigenvalue weighted by molar-refractivity contribution is 7.11. The average molecular weight is 495 g/mol. The molecule has 0 aliphatic carbocycles. The van der Waals surface area contributed by atoms with Crippen molar-refractivity contribution in [2.24, 2.45) is 4.99 Å². The van der Waals surface area contributed by atoms with Crippen molar-refractivity contribution in [3.8, 4) is 11.5 Å². The summed E-state index contributed by atoms with van der Waals surface area (Å²) in [5.41, 5.74) is -0.604. The topological polar surface area (TPSA) is 166 Å². The normalized spacial score (nSPS) is 12.5. The molecule has 0 atom stereocenters. The number of carboxylic acid groups (broad SMARTS) is 3. The van der Waals surface area contributed by atoms with Gasteiger partial charge in [0.1, 0.15) is 0 Å². The molecule has 12 heteroatoms. The number of ether oxygens (including phenoxy) is 2. The summed E-state index contributed by atoms with van der Waals surface area (Å²) in [6, 6.07) is 8.10. The van der Waals surface area contributed by atoms with Crippen LogP contribution in [0.15, 0.2) is 34.6 Å². The molecular formula is C22H26N2O9S. The number of carboxylic acids is 3. The maximum atomic E-state index is 10.3. The Bertz CT molecular complexity index is 1020. The molecule has 0 saturated carbocycles. The molecular weight excluding hydrogens is 468 g/mol. The summed E-state index contributed by atoms with van der Waals surface area (Å²) >= 11 is 1.68. The molecule has 0 bridgehead atoms. The van der Waals surface area contributed by atoms with E-state index in [0.29, 0.717) is 6.79 Å². The third-order valence-corrected chi connectivity index (χ3v) is 5.37. The number of rotatable bonds is 10. The van der Waals surface area contributed by atoms with E-state index in [4.69, 9.17) is 29.9 Å². The zero-order valence-corrected chi connectivity index (χ0v) is 19.4. The van der Waals surface area contributed by atoms with Gasteiger partial charge in [0, 0.05) is 23.7 Å². The van der Waals surface area contributed by atoms with Gasteiger partial charge in [-0.05, 0) is 43.6 Å². The number of likely N-dealkylation sites (N-methyl/N-ethyl adjacent to an activating group) is 1. The molecule has 4 N–H and O–H groups in total. The maximum Gasteiger partial charge on any atom is 0.336 e. The number of nitrogens with zero attached hydrogens (tertiary/aromatic N) is 2. The molecule has 2 heterocycles. The smallest absolute Gasteiger partial charge is 0.336 e. The second-order valence-electron chi connectivity index (χ2n) is 7.64. The predicted octanol–water partition coefficient (Wildman–Crippen LogP) is 2.08. The Kier molecular flexibility index (Phi) is 9.54. The summed E-state index contributed by atoms with van der Waals surface area (Å²) in [5.74, 6) is -3.42. The number of fused-ring (bicyclic) bond motifs is 1. The molecule has 0 radical (unpaired) electrons. The van der Waals surface area contributed by atoms with E-state index in [1.807, 2.05) is 29.8 Å². The van der Waals surface area contributed by atoms with Crippen molar-refractivity contribution in [1.29, 1.82) is 0 Å². The highest BCUT2D eigenvalue weighted by Crippen LogP contribution is 2.38. The van der Waals surface area contributed by atoms with Crippen LogP contribution in [0.4, 0.5) is 5.69 Å². The fourth-order valence-electron chi connectivity index (χ4n) is 2.85. The average Bonchev–Trinajstić information content (AvgIpc) is 3.40. The number of hydrogen-bond donors (Lipinski definition) is 4. The number of carbonyl (C=O) groups is 3. The fraction of sp³-hybridized carbons (Fsp3) is 0.364. The molecule has 184 valence electrons. The van der Waals surface area contributed by atoms with Gasteiger partial charge in [-0.25, -0.2) is 4.79 Å². The molecule has 1 aliphatic rings. The van der Waals surface area contributed by atoms with Gasteiger partial charge < -0.3 is 34.8 Å². The first-order chi connectivity index (χ1) is 16.0. The molecule has 1 aromatic carbocycles. The molecule has 11 nitrogen and oxygen atoms in total.